The van der Waals surface area contributed by atoms with Crippen LogP contribution >= 0.6 is 11.6 Å². The van der Waals surface area contributed by atoms with Crippen molar-refractivity contribution < 1.29 is 18.8 Å². The molecule has 0 radical (unpaired) electrons. The van der Waals surface area contributed by atoms with Crippen LogP contribution < -0.4 is 16.2 Å². The van der Waals surface area contributed by atoms with Crippen molar-refractivity contribution in [2.75, 3.05) is 6.54 Å². The average molecular weight is 463 g/mol. The predicted octanol–water partition coefficient (Wildman–Crippen LogP) is 3.73. The van der Waals surface area contributed by atoms with E-state index in [2.05, 4.69) is 21.2 Å². The topological polar surface area (TPSA) is 113 Å². The van der Waals surface area contributed by atoms with E-state index >= 15 is 0 Å². The minimum Gasteiger partial charge on any atom is -0.459 e. The zero-order valence-electron chi connectivity index (χ0n) is 17.3. The Morgan fingerprint density at radius 2 is 1.70 bits per heavy atom. The lowest BCUT2D eigenvalue weighted by Gasteiger charge is -2.12. The van der Waals surface area contributed by atoms with Crippen molar-refractivity contribution in [3.8, 4) is 11.3 Å². The first-order valence-electron chi connectivity index (χ1n) is 10.1. The van der Waals surface area contributed by atoms with Gasteiger partial charge in [0.1, 0.15) is 0 Å². The van der Waals surface area contributed by atoms with Crippen molar-refractivity contribution in [1.29, 1.82) is 0 Å². The molecular weight excluding hydrogens is 444 g/mol. The number of nitrogens with zero attached hydrogens (tertiary/aromatic N) is 1. The summed E-state index contributed by atoms with van der Waals surface area (Å²) in [5.74, 6) is -1.24. The molecule has 0 saturated carbocycles. The number of carbonyl (C=O) groups excluding carboxylic acids is 3. The van der Waals surface area contributed by atoms with E-state index in [1.165, 1.54) is 12.3 Å². The van der Waals surface area contributed by atoms with Gasteiger partial charge in [-0.05, 0) is 30.3 Å². The Morgan fingerprint density at radius 3 is 2.48 bits per heavy atom. The number of hydrogen-bond donors (Lipinski definition) is 3. The summed E-state index contributed by atoms with van der Waals surface area (Å²) in [6.07, 6.45) is 1.35. The van der Waals surface area contributed by atoms with Crippen molar-refractivity contribution in [1.82, 2.24) is 21.2 Å². The maximum atomic E-state index is 12.9. The molecule has 0 fully saturated rings. The van der Waals surface area contributed by atoms with Gasteiger partial charge in [0.15, 0.2) is 5.76 Å². The Hall–Kier alpha value is -4.17. The maximum absolute atomic E-state index is 12.9. The van der Waals surface area contributed by atoms with Crippen LogP contribution in [0.25, 0.3) is 22.2 Å². The van der Waals surface area contributed by atoms with Crippen molar-refractivity contribution in [3.05, 3.63) is 89.3 Å². The number of benzene rings is 2. The molecule has 4 aromatic rings. The monoisotopic (exact) mass is 462 g/mol. The quantitative estimate of drug-likeness (QED) is 0.378. The zero-order valence-corrected chi connectivity index (χ0v) is 18.1. The van der Waals surface area contributed by atoms with E-state index in [-0.39, 0.29) is 18.7 Å². The first-order valence-corrected chi connectivity index (χ1v) is 10.5. The molecule has 0 saturated heterocycles. The van der Waals surface area contributed by atoms with Gasteiger partial charge in [-0.2, -0.15) is 0 Å². The Kier molecular flexibility index (Phi) is 6.66. The third-order valence-corrected chi connectivity index (χ3v) is 5.14. The van der Waals surface area contributed by atoms with Crippen molar-refractivity contribution >= 4 is 40.2 Å². The fraction of sp³-hybridized carbons (Fsp3) is 0.0833. The van der Waals surface area contributed by atoms with E-state index in [4.69, 9.17) is 16.0 Å². The van der Waals surface area contributed by atoms with Crippen molar-refractivity contribution in [3.63, 3.8) is 0 Å². The lowest BCUT2D eigenvalue weighted by molar-refractivity contribution is -0.121. The van der Waals surface area contributed by atoms with Crippen LogP contribution in [0.4, 0.5) is 0 Å². The van der Waals surface area contributed by atoms with E-state index < -0.39 is 17.7 Å². The Labute approximate surface area is 193 Å². The second-order valence-corrected chi connectivity index (χ2v) is 7.44. The lowest BCUT2D eigenvalue weighted by atomic mass is 10.0. The number of fused-ring (bicyclic) bond motifs is 1. The maximum Gasteiger partial charge on any atom is 0.286 e. The third-order valence-electron chi connectivity index (χ3n) is 4.81. The summed E-state index contributed by atoms with van der Waals surface area (Å²) in [6, 6.07) is 19.2. The normalized spacial score (nSPS) is 10.6. The highest BCUT2D eigenvalue weighted by Gasteiger charge is 2.16. The summed E-state index contributed by atoms with van der Waals surface area (Å²) in [7, 11) is 0. The Bertz CT molecular complexity index is 1320. The smallest absolute Gasteiger partial charge is 0.286 e. The molecule has 9 heteroatoms. The average Bonchev–Trinajstić information content (AvgIpc) is 3.37. The highest BCUT2D eigenvalue weighted by molar-refractivity contribution is 6.33. The summed E-state index contributed by atoms with van der Waals surface area (Å²) < 4.78 is 4.98. The Morgan fingerprint density at radius 1 is 0.909 bits per heavy atom. The van der Waals surface area contributed by atoms with Gasteiger partial charge in [0, 0.05) is 28.9 Å². The molecule has 0 aliphatic rings. The van der Waals surface area contributed by atoms with E-state index in [1.54, 1.807) is 36.4 Å². The molecule has 2 aromatic carbocycles. The molecule has 166 valence electrons. The molecule has 3 amide bonds. The minimum absolute atomic E-state index is 0.0330. The number of pyridine rings is 1. The highest BCUT2D eigenvalue weighted by Crippen LogP contribution is 2.29. The molecule has 2 heterocycles. The number of amides is 3. The van der Waals surface area contributed by atoms with Crippen LogP contribution in [0.15, 0.2) is 77.4 Å². The first-order chi connectivity index (χ1) is 16.0. The zero-order chi connectivity index (χ0) is 23.2. The molecule has 8 nitrogen and oxygen atoms in total. The number of nitrogens with one attached hydrogen (secondary N) is 3. The molecule has 0 atom stereocenters. The van der Waals surface area contributed by atoms with Gasteiger partial charge in [-0.1, -0.05) is 48.0 Å². The molecule has 3 N–H and O–H groups in total. The van der Waals surface area contributed by atoms with Gasteiger partial charge in [0.05, 0.1) is 23.0 Å². The molecule has 0 aliphatic carbocycles. The van der Waals surface area contributed by atoms with E-state index in [9.17, 15) is 14.4 Å². The number of hydrogen-bond acceptors (Lipinski definition) is 5. The minimum atomic E-state index is -0.505. The number of carbonyl (C=O) groups is 3. The Balaban J connectivity index is 1.43. The van der Waals surface area contributed by atoms with Gasteiger partial charge in [0.2, 0.25) is 5.91 Å². The summed E-state index contributed by atoms with van der Waals surface area (Å²) in [4.78, 5) is 41.5. The van der Waals surface area contributed by atoms with Crippen LogP contribution in [-0.4, -0.2) is 29.3 Å². The summed E-state index contributed by atoms with van der Waals surface area (Å²) >= 11 is 6.31. The lowest BCUT2D eigenvalue weighted by Crippen LogP contribution is -2.42. The van der Waals surface area contributed by atoms with Gasteiger partial charge in [0.25, 0.3) is 11.8 Å². The summed E-state index contributed by atoms with van der Waals surface area (Å²) in [6.45, 7) is 0.0794. The molecule has 33 heavy (non-hydrogen) atoms. The molecule has 2 aromatic heterocycles. The standard InChI is InChI=1S/C24H19ClN4O4/c25-18-8-3-1-7-16(18)20-14-17(15-6-2-4-9-19(15)27-20)23(31)29-28-22(30)11-12-26-24(32)21-10-5-13-33-21/h1-10,13-14H,11-12H2,(H,26,32)(H,28,30)(H,29,31). The molecular formula is C24H19ClN4O4. The second kappa shape index (κ2) is 9.97. The van der Waals surface area contributed by atoms with Crippen LogP contribution in [0.3, 0.4) is 0 Å². The molecule has 0 bridgehead atoms. The van der Waals surface area contributed by atoms with E-state index in [0.29, 0.717) is 32.7 Å². The molecule has 4 rings (SSSR count). The van der Waals surface area contributed by atoms with Gasteiger partial charge >= 0.3 is 0 Å². The SMILES string of the molecule is O=C(CCNC(=O)c1ccco1)NNC(=O)c1cc(-c2ccccc2Cl)nc2ccccc12. The summed E-state index contributed by atoms with van der Waals surface area (Å²) in [5.41, 5.74) is 6.97. The third kappa shape index (κ3) is 5.19. The van der Waals surface area contributed by atoms with Gasteiger partial charge in [-0.15, -0.1) is 0 Å². The van der Waals surface area contributed by atoms with E-state index in [1.807, 2.05) is 24.3 Å². The van der Waals surface area contributed by atoms with Gasteiger partial charge < -0.3 is 9.73 Å². The number of hydrazine groups is 1. The van der Waals surface area contributed by atoms with Crippen LogP contribution in [0.1, 0.15) is 27.3 Å². The fourth-order valence-corrected chi connectivity index (χ4v) is 3.44. The highest BCUT2D eigenvalue weighted by atomic mass is 35.5. The largest absolute Gasteiger partial charge is 0.459 e. The van der Waals surface area contributed by atoms with Crippen LogP contribution in [0.5, 0.6) is 0 Å². The van der Waals surface area contributed by atoms with Crippen LogP contribution in [0.2, 0.25) is 5.02 Å². The van der Waals surface area contributed by atoms with Crippen molar-refractivity contribution in [2.24, 2.45) is 0 Å². The first kappa shape index (κ1) is 22.0. The van der Waals surface area contributed by atoms with Crippen molar-refractivity contribution in [2.45, 2.75) is 6.42 Å². The molecule has 0 spiro atoms. The number of furan rings is 1. The van der Waals surface area contributed by atoms with Crippen LogP contribution in [-0.2, 0) is 4.79 Å². The van der Waals surface area contributed by atoms with Crippen LogP contribution in [0, 0.1) is 0 Å². The second-order valence-electron chi connectivity index (χ2n) is 7.04. The summed E-state index contributed by atoms with van der Waals surface area (Å²) in [5, 5.41) is 3.70. The molecule has 0 unspecified atom stereocenters. The van der Waals surface area contributed by atoms with E-state index in [0.717, 1.165) is 0 Å². The number of aromatic nitrogens is 1. The molecule has 0 aliphatic heterocycles. The van der Waals surface area contributed by atoms with Gasteiger partial charge in [-0.3, -0.25) is 25.2 Å². The number of rotatable bonds is 6. The number of para-hydroxylation sites is 1. The van der Waals surface area contributed by atoms with Gasteiger partial charge in [-0.25, -0.2) is 4.98 Å². The number of halogens is 1. The fourth-order valence-electron chi connectivity index (χ4n) is 3.21. The predicted molar refractivity (Wildman–Crippen MR) is 123 cm³/mol.